The molecule has 0 aromatic heterocycles. The van der Waals surface area contributed by atoms with E-state index in [2.05, 4.69) is 21.2 Å². The third kappa shape index (κ3) is 4.01. The van der Waals surface area contributed by atoms with E-state index in [1.165, 1.54) is 0 Å². The predicted molar refractivity (Wildman–Crippen MR) is 94.1 cm³/mol. The Morgan fingerprint density at radius 3 is 1.91 bits per heavy atom. The Morgan fingerprint density at radius 1 is 0.826 bits per heavy atom. The summed E-state index contributed by atoms with van der Waals surface area (Å²) in [5, 5.41) is 3.35. The van der Waals surface area contributed by atoms with Crippen LogP contribution in [0, 0.1) is 0 Å². The average molecular weight is 382 g/mol. The number of hydrogen-bond donors (Lipinski definition) is 1. The van der Waals surface area contributed by atoms with Crippen molar-refractivity contribution in [2.75, 3.05) is 33.8 Å². The Labute approximate surface area is 144 Å². The Morgan fingerprint density at radius 2 is 1.43 bits per heavy atom. The van der Waals surface area contributed by atoms with Crippen molar-refractivity contribution in [3.8, 4) is 23.0 Å². The number of halogens is 1. The normalized spacial score (nSPS) is 10.1. The van der Waals surface area contributed by atoms with Gasteiger partial charge in [0.2, 0.25) is 5.75 Å². The number of anilines is 1. The molecule has 124 valence electrons. The molecule has 0 heterocycles. The van der Waals surface area contributed by atoms with Gasteiger partial charge in [0.15, 0.2) is 11.5 Å². The molecule has 0 spiro atoms. The molecule has 5 nitrogen and oxygen atoms in total. The lowest BCUT2D eigenvalue weighted by Gasteiger charge is -2.15. The molecule has 0 amide bonds. The minimum Gasteiger partial charge on any atom is -0.496 e. The molecule has 0 saturated carbocycles. The van der Waals surface area contributed by atoms with Gasteiger partial charge in [-0.1, -0.05) is 6.07 Å². The van der Waals surface area contributed by atoms with E-state index in [1.807, 2.05) is 30.3 Å². The molecule has 0 aliphatic heterocycles. The van der Waals surface area contributed by atoms with Gasteiger partial charge >= 0.3 is 0 Å². The van der Waals surface area contributed by atoms with Gasteiger partial charge in [0.1, 0.15) is 5.75 Å². The van der Waals surface area contributed by atoms with Crippen LogP contribution in [-0.2, 0) is 6.54 Å². The van der Waals surface area contributed by atoms with Gasteiger partial charge in [0.05, 0.1) is 32.9 Å². The fourth-order valence-electron chi connectivity index (χ4n) is 2.21. The first-order valence-corrected chi connectivity index (χ1v) is 7.78. The monoisotopic (exact) mass is 381 g/mol. The first kappa shape index (κ1) is 17.3. The van der Waals surface area contributed by atoms with Crippen molar-refractivity contribution in [1.29, 1.82) is 0 Å². The lowest BCUT2D eigenvalue weighted by atomic mass is 10.2. The zero-order chi connectivity index (χ0) is 16.8. The zero-order valence-electron chi connectivity index (χ0n) is 13.6. The maximum atomic E-state index is 5.35. The van der Waals surface area contributed by atoms with Crippen LogP contribution in [0.15, 0.2) is 34.8 Å². The van der Waals surface area contributed by atoms with Crippen LogP contribution in [0.3, 0.4) is 0 Å². The summed E-state index contributed by atoms with van der Waals surface area (Å²) in [6.07, 6.45) is 0. The van der Waals surface area contributed by atoms with E-state index in [9.17, 15) is 0 Å². The van der Waals surface area contributed by atoms with E-state index in [4.69, 9.17) is 18.9 Å². The van der Waals surface area contributed by atoms with Crippen LogP contribution in [0.1, 0.15) is 5.56 Å². The summed E-state index contributed by atoms with van der Waals surface area (Å²) in [6, 6.07) is 9.70. The fourth-order valence-corrected chi connectivity index (χ4v) is 2.80. The highest BCUT2D eigenvalue weighted by atomic mass is 79.9. The number of methoxy groups -OCH3 is 4. The fraction of sp³-hybridized carbons (Fsp3) is 0.294. The standard InChI is InChI=1S/C17H20BrNO4/c1-20-14-6-5-11(7-13(14)18)10-19-12-8-15(21-2)17(23-4)16(9-12)22-3/h5-9,19H,10H2,1-4H3. The van der Waals surface area contributed by atoms with Gasteiger partial charge in [0, 0.05) is 24.4 Å². The number of ether oxygens (including phenoxy) is 4. The number of benzene rings is 2. The molecule has 0 saturated heterocycles. The molecule has 6 heteroatoms. The van der Waals surface area contributed by atoms with Crippen LogP contribution in [0.25, 0.3) is 0 Å². The minimum absolute atomic E-state index is 0.577. The van der Waals surface area contributed by atoms with Crippen molar-refractivity contribution in [3.63, 3.8) is 0 Å². The molecule has 2 rings (SSSR count). The molecule has 23 heavy (non-hydrogen) atoms. The molecule has 0 fully saturated rings. The van der Waals surface area contributed by atoms with Gasteiger partial charge in [0.25, 0.3) is 0 Å². The van der Waals surface area contributed by atoms with Crippen molar-refractivity contribution >= 4 is 21.6 Å². The Balaban J connectivity index is 2.18. The molecule has 2 aromatic carbocycles. The molecule has 0 unspecified atom stereocenters. The summed E-state index contributed by atoms with van der Waals surface area (Å²) in [6.45, 7) is 0.654. The summed E-state index contributed by atoms with van der Waals surface area (Å²) in [7, 11) is 6.43. The highest BCUT2D eigenvalue weighted by molar-refractivity contribution is 9.10. The van der Waals surface area contributed by atoms with Crippen LogP contribution in [0.5, 0.6) is 23.0 Å². The molecule has 0 radical (unpaired) electrons. The van der Waals surface area contributed by atoms with Crippen molar-refractivity contribution in [2.24, 2.45) is 0 Å². The van der Waals surface area contributed by atoms with Crippen LogP contribution < -0.4 is 24.3 Å². The quantitative estimate of drug-likeness (QED) is 0.782. The van der Waals surface area contributed by atoms with Crippen molar-refractivity contribution in [1.82, 2.24) is 0 Å². The van der Waals surface area contributed by atoms with Gasteiger partial charge in [-0.05, 0) is 33.6 Å². The number of nitrogens with one attached hydrogen (secondary N) is 1. The van der Waals surface area contributed by atoms with E-state index in [1.54, 1.807) is 28.4 Å². The van der Waals surface area contributed by atoms with Gasteiger partial charge < -0.3 is 24.3 Å². The van der Waals surface area contributed by atoms with E-state index < -0.39 is 0 Å². The van der Waals surface area contributed by atoms with Crippen molar-refractivity contribution in [2.45, 2.75) is 6.54 Å². The lowest BCUT2D eigenvalue weighted by Crippen LogP contribution is -2.02. The highest BCUT2D eigenvalue weighted by Gasteiger charge is 2.13. The van der Waals surface area contributed by atoms with Gasteiger partial charge in [-0.25, -0.2) is 0 Å². The average Bonchev–Trinajstić information content (AvgIpc) is 2.58. The molecule has 2 aromatic rings. The summed E-state index contributed by atoms with van der Waals surface area (Å²) in [5.41, 5.74) is 2.00. The third-order valence-corrected chi connectivity index (χ3v) is 4.00. The Hall–Kier alpha value is -2.08. The second kappa shape index (κ2) is 7.97. The Bertz CT molecular complexity index is 651. The van der Waals surface area contributed by atoms with Crippen LogP contribution >= 0.6 is 15.9 Å². The third-order valence-electron chi connectivity index (χ3n) is 3.38. The second-order valence-electron chi connectivity index (χ2n) is 4.74. The number of hydrogen-bond acceptors (Lipinski definition) is 5. The largest absolute Gasteiger partial charge is 0.496 e. The lowest BCUT2D eigenvalue weighted by molar-refractivity contribution is 0.324. The molecular formula is C17H20BrNO4. The van der Waals surface area contributed by atoms with Crippen LogP contribution in [0.4, 0.5) is 5.69 Å². The first-order chi connectivity index (χ1) is 11.1. The van der Waals surface area contributed by atoms with E-state index in [0.717, 1.165) is 21.5 Å². The smallest absolute Gasteiger partial charge is 0.203 e. The highest BCUT2D eigenvalue weighted by Crippen LogP contribution is 2.40. The molecule has 0 aliphatic carbocycles. The van der Waals surface area contributed by atoms with Gasteiger partial charge in [-0.15, -0.1) is 0 Å². The zero-order valence-corrected chi connectivity index (χ0v) is 15.2. The summed E-state index contributed by atoms with van der Waals surface area (Å²) < 4.78 is 22.2. The van der Waals surface area contributed by atoms with Crippen molar-refractivity contribution < 1.29 is 18.9 Å². The first-order valence-electron chi connectivity index (χ1n) is 6.99. The number of rotatable bonds is 7. The van der Waals surface area contributed by atoms with E-state index >= 15 is 0 Å². The van der Waals surface area contributed by atoms with Crippen LogP contribution in [0.2, 0.25) is 0 Å². The second-order valence-corrected chi connectivity index (χ2v) is 5.59. The van der Waals surface area contributed by atoms with E-state index in [0.29, 0.717) is 23.8 Å². The summed E-state index contributed by atoms with van der Waals surface area (Å²) >= 11 is 3.49. The maximum Gasteiger partial charge on any atom is 0.203 e. The summed E-state index contributed by atoms with van der Waals surface area (Å²) in [4.78, 5) is 0. The molecular weight excluding hydrogens is 362 g/mol. The molecule has 0 bridgehead atoms. The van der Waals surface area contributed by atoms with Crippen LogP contribution in [-0.4, -0.2) is 28.4 Å². The van der Waals surface area contributed by atoms with Gasteiger partial charge in [-0.2, -0.15) is 0 Å². The topological polar surface area (TPSA) is 49.0 Å². The van der Waals surface area contributed by atoms with Gasteiger partial charge in [-0.3, -0.25) is 0 Å². The van der Waals surface area contributed by atoms with Crippen molar-refractivity contribution in [3.05, 3.63) is 40.4 Å². The maximum absolute atomic E-state index is 5.35. The van der Waals surface area contributed by atoms with E-state index in [-0.39, 0.29) is 0 Å². The molecule has 0 atom stereocenters. The Kier molecular flexibility index (Phi) is 5.98. The molecule has 0 aliphatic rings. The predicted octanol–water partition coefficient (Wildman–Crippen LogP) is 4.10. The summed E-state index contributed by atoms with van der Waals surface area (Å²) in [5.74, 6) is 2.62. The SMILES string of the molecule is COc1ccc(CNc2cc(OC)c(OC)c(OC)c2)cc1Br. The molecule has 1 N–H and O–H groups in total. The minimum atomic E-state index is 0.577.